The summed E-state index contributed by atoms with van der Waals surface area (Å²) in [4.78, 5) is 13.3. The summed E-state index contributed by atoms with van der Waals surface area (Å²) in [5, 5.41) is 3.75. The highest BCUT2D eigenvalue weighted by Gasteiger charge is 2.40. The number of amides is 1. The normalized spacial score (nSPS) is 22.4. The van der Waals surface area contributed by atoms with Gasteiger partial charge in [-0.25, -0.2) is 12.7 Å². The molecule has 1 saturated heterocycles. The van der Waals surface area contributed by atoms with Crippen molar-refractivity contribution in [2.75, 3.05) is 13.1 Å². The van der Waals surface area contributed by atoms with E-state index in [9.17, 15) is 13.2 Å². The zero-order chi connectivity index (χ0) is 24.3. The number of piperidine rings is 1. The van der Waals surface area contributed by atoms with Gasteiger partial charge >= 0.3 is 0 Å². The van der Waals surface area contributed by atoms with E-state index in [2.05, 4.69) is 19.2 Å². The Labute approximate surface area is 207 Å². The van der Waals surface area contributed by atoms with Crippen molar-refractivity contribution in [2.45, 2.75) is 63.3 Å². The fourth-order valence-electron chi connectivity index (χ4n) is 5.06. The van der Waals surface area contributed by atoms with Gasteiger partial charge in [-0.3, -0.25) is 4.79 Å². The Kier molecular flexibility index (Phi) is 7.55. The van der Waals surface area contributed by atoms with Crippen molar-refractivity contribution < 1.29 is 17.9 Å². The lowest BCUT2D eigenvalue weighted by Gasteiger charge is -2.42. The third kappa shape index (κ3) is 5.42. The highest BCUT2D eigenvalue weighted by molar-refractivity contribution is 7.88. The molecule has 184 valence electrons. The van der Waals surface area contributed by atoms with E-state index in [1.807, 2.05) is 24.3 Å². The van der Waals surface area contributed by atoms with Gasteiger partial charge in [0, 0.05) is 30.1 Å². The maximum absolute atomic E-state index is 13.3. The third-order valence-corrected chi connectivity index (χ3v) is 9.24. The van der Waals surface area contributed by atoms with Crippen LogP contribution in [0.25, 0.3) is 0 Å². The molecule has 2 aromatic carbocycles. The molecule has 4 rings (SSSR count). The van der Waals surface area contributed by atoms with Gasteiger partial charge in [-0.2, -0.15) is 0 Å². The number of nitrogens with one attached hydrogen (secondary N) is 1. The lowest BCUT2D eigenvalue weighted by atomic mass is 9.83. The summed E-state index contributed by atoms with van der Waals surface area (Å²) in [5.74, 6) is 0.225. The second kappa shape index (κ2) is 10.3. The van der Waals surface area contributed by atoms with E-state index in [0.717, 1.165) is 24.2 Å². The maximum atomic E-state index is 13.3. The molecule has 1 fully saturated rings. The van der Waals surface area contributed by atoms with Gasteiger partial charge in [0.2, 0.25) is 15.9 Å². The molecule has 0 aliphatic carbocycles. The summed E-state index contributed by atoms with van der Waals surface area (Å²) in [6.07, 6.45) is 3.73. The number of fused-ring (bicyclic) bond motifs is 1. The van der Waals surface area contributed by atoms with E-state index in [0.29, 0.717) is 36.4 Å². The summed E-state index contributed by atoms with van der Waals surface area (Å²) < 4.78 is 34.0. The zero-order valence-electron chi connectivity index (χ0n) is 19.8. The Morgan fingerprint density at radius 1 is 1.18 bits per heavy atom. The van der Waals surface area contributed by atoms with Crippen molar-refractivity contribution in [3.8, 4) is 5.75 Å². The minimum absolute atomic E-state index is 0.0922. The first-order valence-corrected chi connectivity index (χ1v) is 14.0. The second-order valence-electron chi connectivity index (χ2n) is 9.38. The molecule has 1 N–H and O–H groups in total. The number of rotatable bonds is 7. The van der Waals surface area contributed by atoms with Gasteiger partial charge in [-0.1, -0.05) is 55.8 Å². The zero-order valence-corrected chi connectivity index (χ0v) is 21.4. The largest absolute Gasteiger partial charge is 0.487 e. The molecule has 8 heteroatoms. The van der Waals surface area contributed by atoms with Crippen LogP contribution in [0.15, 0.2) is 48.5 Å². The van der Waals surface area contributed by atoms with Gasteiger partial charge in [-0.05, 0) is 49.4 Å². The number of halogens is 1. The van der Waals surface area contributed by atoms with Gasteiger partial charge in [0.05, 0.1) is 17.7 Å². The van der Waals surface area contributed by atoms with Crippen LogP contribution in [0.4, 0.5) is 0 Å². The quantitative estimate of drug-likeness (QED) is 0.570. The summed E-state index contributed by atoms with van der Waals surface area (Å²) in [7, 11) is -3.55. The van der Waals surface area contributed by atoms with Crippen molar-refractivity contribution in [1.29, 1.82) is 0 Å². The molecule has 2 atom stereocenters. The molecule has 0 spiro atoms. The van der Waals surface area contributed by atoms with Gasteiger partial charge in [0.1, 0.15) is 11.4 Å². The lowest BCUT2D eigenvalue weighted by Crippen LogP contribution is -2.49. The van der Waals surface area contributed by atoms with Crippen LogP contribution in [0.3, 0.4) is 0 Å². The predicted molar refractivity (Wildman–Crippen MR) is 134 cm³/mol. The molecule has 0 bridgehead atoms. The maximum Gasteiger partial charge on any atom is 0.224 e. The van der Waals surface area contributed by atoms with Crippen LogP contribution in [0, 0.1) is 5.92 Å². The highest BCUT2D eigenvalue weighted by atomic mass is 35.5. The highest BCUT2D eigenvalue weighted by Crippen LogP contribution is 2.42. The monoisotopic (exact) mass is 504 g/mol. The first kappa shape index (κ1) is 25.0. The molecule has 1 amide bonds. The van der Waals surface area contributed by atoms with E-state index < -0.39 is 10.0 Å². The van der Waals surface area contributed by atoms with E-state index >= 15 is 0 Å². The Bertz CT molecular complexity index is 1130. The predicted octanol–water partition coefficient (Wildman–Crippen LogP) is 5.08. The van der Waals surface area contributed by atoms with Crippen LogP contribution >= 0.6 is 11.6 Å². The molecular formula is C26H33ClN2O4S. The second-order valence-corrected chi connectivity index (χ2v) is 11.8. The van der Waals surface area contributed by atoms with Gasteiger partial charge < -0.3 is 10.1 Å². The number of para-hydroxylation sites is 1. The van der Waals surface area contributed by atoms with Crippen molar-refractivity contribution in [1.82, 2.24) is 9.62 Å². The molecule has 0 aromatic heterocycles. The smallest absolute Gasteiger partial charge is 0.224 e. The molecule has 6 nitrogen and oxygen atoms in total. The number of carbonyl (C=O) groups excluding carboxylic acids is 1. The van der Waals surface area contributed by atoms with Gasteiger partial charge in [0.25, 0.3) is 0 Å². The SMILES string of the molecule is CCC1(CC)C[C@@H](NC(=O)[C@H]2CCCN(S(=O)(=O)Cc3cccc(Cl)c3)C2)c2ccccc2O1. The van der Waals surface area contributed by atoms with E-state index in [1.54, 1.807) is 24.3 Å². The number of nitrogens with zero attached hydrogens (tertiary/aromatic N) is 1. The molecule has 0 unspecified atom stereocenters. The molecule has 0 saturated carbocycles. The Morgan fingerprint density at radius 2 is 1.94 bits per heavy atom. The number of ether oxygens (including phenoxy) is 1. The number of carbonyl (C=O) groups is 1. The average Bonchev–Trinajstić information content (AvgIpc) is 2.83. The first-order chi connectivity index (χ1) is 16.2. The fraction of sp³-hybridized carbons (Fsp3) is 0.500. The summed E-state index contributed by atoms with van der Waals surface area (Å²) >= 11 is 6.02. The number of sulfonamides is 1. The molecule has 2 heterocycles. The minimum atomic E-state index is -3.55. The number of benzene rings is 2. The average molecular weight is 505 g/mol. The number of hydrogen-bond acceptors (Lipinski definition) is 4. The summed E-state index contributed by atoms with van der Waals surface area (Å²) in [6, 6.07) is 14.6. The molecule has 34 heavy (non-hydrogen) atoms. The van der Waals surface area contributed by atoms with Crippen LogP contribution in [0.2, 0.25) is 5.02 Å². The van der Waals surface area contributed by atoms with Gasteiger partial charge in [0.15, 0.2) is 0 Å². The van der Waals surface area contributed by atoms with Gasteiger partial charge in [-0.15, -0.1) is 0 Å². The number of hydrogen-bond donors (Lipinski definition) is 1. The van der Waals surface area contributed by atoms with Crippen LogP contribution < -0.4 is 10.1 Å². The molecule has 2 aromatic rings. The Morgan fingerprint density at radius 3 is 2.68 bits per heavy atom. The Balaban J connectivity index is 1.47. The van der Waals surface area contributed by atoms with E-state index in [1.165, 1.54) is 4.31 Å². The van der Waals surface area contributed by atoms with Crippen LogP contribution in [-0.4, -0.2) is 37.3 Å². The van der Waals surface area contributed by atoms with Crippen molar-refractivity contribution in [3.63, 3.8) is 0 Å². The van der Waals surface area contributed by atoms with E-state index in [-0.39, 0.29) is 35.8 Å². The Hall–Kier alpha value is -2.09. The molecule has 2 aliphatic heterocycles. The van der Waals surface area contributed by atoms with Crippen LogP contribution in [0.1, 0.15) is 63.1 Å². The van der Waals surface area contributed by atoms with Crippen molar-refractivity contribution in [2.24, 2.45) is 5.92 Å². The molecule has 2 aliphatic rings. The molecular weight excluding hydrogens is 472 g/mol. The third-order valence-electron chi connectivity index (χ3n) is 7.19. The van der Waals surface area contributed by atoms with E-state index in [4.69, 9.17) is 16.3 Å². The minimum Gasteiger partial charge on any atom is -0.487 e. The first-order valence-electron chi connectivity index (χ1n) is 12.1. The standard InChI is InChI=1S/C26H33ClN2O4S/c1-3-26(4-2)16-23(22-12-5-6-13-24(22)33-26)28-25(30)20-10-8-14-29(17-20)34(31,32)18-19-9-7-11-21(27)15-19/h5-7,9,11-13,15,20,23H,3-4,8,10,14,16-18H2,1-2H3,(H,28,30)/t20-,23+/m0/s1. The topological polar surface area (TPSA) is 75.7 Å². The fourth-order valence-corrected chi connectivity index (χ4v) is 6.87. The lowest BCUT2D eigenvalue weighted by molar-refractivity contribution is -0.127. The van der Waals surface area contributed by atoms with Crippen molar-refractivity contribution in [3.05, 3.63) is 64.7 Å². The van der Waals surface area contributed by atoms with Crippen LogP contribution in [-0.2, 0) is 20.6 Å². The molecule has 0 radical (unpaired) electrons. The summed E-state index contributed by atoms with van der Waals surface area (Å²) in [5.41, 5.74) is 1.31. The van der Waals surface area contributed by atoms with Crippen LogP contribution in [0.5, 0.6) is 5.75 Å². The summed E-state index contributed by atoms with van der Waals surface area (Å²) in [6.45, 7) is 4.86. The van der Waals surface area contributed by atoms with Crippen molar-refractivity contribution >= 4 is 27.5 Å².